The number of aromatic amines is 1. The van der Waals surface area contributed by atoms with Crippen molar-refractivity contribution in [3.05, 3.63) is 59.7 Å². The second-order valence-corrected chi connectivity index (χ2v) is 6.33. The molecule has 108 valence electrons. The van der Waals surface area contributed by atoms with Crippen LogP contribution >= 0.6 is 11.8 Å². The van der Waals surface area contributed by atoms with Crippen LogP contribution < -0.4 is 5.32 Å². The summed E-state index contributed by atoms with van der Waals surface area (Å²) in [6.07, 6.45) is 0. The fraction of sp³-hybridized carbons (Fsp3) is 0.235. The van der Waals surface area contributed by atoms with E-state index in [0.717, 1.165) is 22.7 Å². The first-order chi connectivity index (χ1) is 10.3. The van der Waals surface area contributed by atoms with E-state index in [1.54, 1.807) is 11.8 Å². The van der Waals surface area contributed by atoms with Gasteiger partial charge >= 0.3 is 0 Å². The number of hydrogen-bond donors (Lipinski definition) is 2. The molecule has 0 saturated heterocycles. The molecule has 3 nitrogen and oxygen atoms in total. The topological polar surface area (TPSA) is 40.7 Å². The largest absolute Gasteiger partial charge is 0.333 e. The van der Waals surface area contributed by atoms with E-state index in [1.165, 1.54) is 11.1 Å². The second-order valence-electron chi connectivity index (χ2n) is 5.14. The Morgan fingerprint density at radius 3 is 2.76 bits per heavy atom. The molecule has 0 fully saturated rings. The number of rotatable bonds is 5. The van der Waals surface area contributed by atoms with Gasteiger partial charge in [-0.3, -0.25) is 0 Å². The Hall–Kier alpha value is -1.78. The summed E-state index contributed by atoms with van der Waals surface area (Å²) < 4.78 is 0. The van der Waals surface area contributed by atoms with Gasteiger partial charge in [-0.1, -0.05) is 48.2 Å². The van der Waals surface area contributed by atoms with E-state index in [9.17, 15) is 0 Å². The lowest BCUT2D eigenvalue weighted by atomic mass is 10.1. The smallest absolute Gasteiger partial charge is 0.167 e. The Morgan fingerprint density at radius 2 is 2.00 bits per heavy atom. The first kappa shape index (κ1) is 14.2. The van der Waals surface area contributed by atoms with E-state index in [-0.39, 0.29) is 0 Å². The molecular formula is C17H19N3S. The molecule has 1 atom stereocenters. The molecule has 0 aliphatic carbocycles. The number of imidazole rings is 1. The van der Waals surface area contributed by atoms with E-state index in [1.807, 2.05) is 7.05 Å². The van der Waals surface area contributed by atoms with Crippen LogP contribution in [0.1, 0.15) is 16.4 Å². The Kier molecular flexibility index (Phi) is 4.27. The Labute approximate surface area is 129 Å². The third kappa shape index (κ3) is 3.28. The molecule has 0 aliphatic heterocycles. The number of thioether (sulfide) groups is 1. The zero-order valence-corrected chi connectivity index (χ0v) is 13.1. The minimum Gasteiger partial charge on any atom is -0.333 e. The van der Waals surface area contributed by atoms with Crippen molar-refractivity contribution >= 4 is 22.8 Å². The number of likely N-dealkylation sites (N-methyl/N-ethyl adjacent to an activating group) is 1. The molecule has 3 rings (SSSR count). The standard InChI is InChI=1S/C17H19N3S/c1-12-8-9-14-15(10-12)20-17(19-14)21-16(11-18-2)13-6-4-3-5-7-13/h3-10,16,18H,11H2,1-2H3,(H,19,20). The van der Waals surface area contributed by atoms with Gasteiger partial charge in [-0.2, -0.15) is 0 Å². The molecule has 2 aromatic carbocycles. The van der Waals surface area contributed by atoms with Gasteiger partial charge in [0.2, 0.25) is 0 Å². The fourth-order valence-corrected chi connectivity index (χ4v) is 3.50. The molecule has 0 amide bonds. The normalized spacial score (nSPS) is 12.7. The lowest BCUT2D eigenvalue weighted by molar-refractivity contribution is 0.775. The molecule has 2 N–H and O–H groups in total. The number of nitrogens with zero attached hydrogens (tertiary/aromatic N) is 1. The highest BCUT2D eigenvalue weighted by atomic mass is 32.2. The number of hydrogen-bond acceptors (Lipinski definition) is 3. The number of aryl methyl sites for hydroxylation is 1. The minimum atomic E-state index is 0.345. The molecule has 0 saturated carbocycles. The van der Waals surface area contributed by atoms with Gasteiger partial charge in [0.25, 0.3) is 0 Å². The zero-order valence-electron chi connectivity index (χ0n) is 12.3. The SMILES string of the molecule is CNCC(Sc1nc2ccc(C)cc2[nH]1)c1ccccc1. The maximum Gasteiger partial charge on any atom is 0.167 e. The average molecular weight is 297 g/mol. The lowest BCUT2D eigenvalue weighted by Crippen LogP contribution is -2.15. The van der Waals surface area contributed by atoms with Gasteiger partial charge in [-0.15, -0.1) is 0 Å². The van der Waals surface area contributed by atoms with E-state index < -0.39 is 0 Å². The van der Waals surface area contributed by atoms with Crippen LogP contribution in [0.3, 0.4) is 0 Å². The highest BCUT2D eigenvalue weighted by Crippen LogP contribution is 2.34. The van der Waals surface area contributed by atoms with Crippen LogP contribution in [0.5, 0.6) is 0 Å². The van der Waals surface area contributed by atoms with Gasteiger partial charge in [-0.25, -0.2) is 4.98 Å². The van der Waals surface area contributed by atoms with Gasteiger partial charge in [0, 0.05) is 11.8 Å². The summed E-state index contributed by atoms with van der Waals surface area (Å²) in [7, 11) is 1.98. The third-order valence-electron chi connectivity index (χ3n) is 3.43. The van der Waals surface area contributed by atoms with E-state index in [0.29, 0.717) is 5.25 Å². The molecule has 0 radical (unpaired) electrons. The highest BCUT2D eigenvalue weighted by Gasteiger charge is 2.14. The van der Waals surface area contributed by atoms with Crippen LogP contribution in [0.15, 0.2) is 53.7 Å². The highest BCUT2D eigenvalue weighted by molar-refractivity contribution is 7.99. The maximum atomic E-state index is 4.68. The second kappa shape index (κ2) is 6.33. The Bertz CT molecular complexity index is 721. The molecule has 0 bridgehead atoms. The van der Waals surface area contributed by atoms with Crippen LogP contribution in [-0.4, -0.2) is 23.6 Å². The molecule has 21 heavy (non-hydrogen) atoms. The van der Waals surface area contributed by atoms with Gasteiger partial charge in [0.15, 0.2) is 5.16 Å². The average Bonchev–Trinajstić information content (AvgIpc) is 2.89. The predicted octanol–water partition coefficient (Wildman–Crippen LogP) is 3.92. The number of aromatic nitrogens is 2. The van der Waals surface area contributed by atoms with Crippen LogP contribution in [0.25, 0.3) is 11.0 Å². The first-order valence-corrected chi connectivity index (χ1v) is 7.97. The molecule has 3 aromatic rings. The lowest BCUT2D eigenvalue weighted by Gasteiger charge is -2.14. The number of fused-ring (bicyclic) bond motifs is 1. The molecule has 1 aromatic heterocycles. The van der Waals surface area contributed by atoms with Crippen molar-refractivity contribution in [3.8, 4) is 0 Å². The van der Waals surface area contributed by atoms with E-state index in [4.69, 9.17) is 0 Å². The Balaban J connectivity index is 1.87. The summed E-state index contributed by atoms with van der Waals surface area (Å²) in [6, 6.07) is 16.9. The van der Waals surface area contributed by atoms with Crippen molar-refractivity contribution in [2.45, 2.75) is 17.3 Å². The van der Waals surface area contributed by atoms with Crippen molar-refractivity contribution in [1.29, 1.82) is 0 Å². The summed E-state index contributed by atoms with van der Waals surface area (Å²) in [5.41, 5.74) is 4.69. The number of H-pyrrole nitrogens is 1. The van der Waals surface area contributed by atoms with Crippen LogP contribution in [0.2, 0.25) is 0 Å². The molecule has 0 spiro atoms. The monoisotopic (exact) mass is 297 g/mol. The van der Waals surface area contributed by atoms with Crippen molar-refractivity contribution in [2.75, 3.05) is 13.6 Å². The quantitative estimate of drug-likeness (QED) is 0.701. The zero-order chi connectivity index (χ0) is 14.7. The maximum absolute atomic E-state index is 4.68. The van der Waals surface area contributed by atoms with Gasteiger partial charge < -0.3 is 10.3 Å². The van der Waals surface area contributed by atoms with Gasteiger partial charge in [0.05, 0.1) is 11.0 Å². The number of benzene rings is 2. The van der Waals surface area contributed by atoms with Crippen LogP contribution in [0.4, 0.5) is 0 Å². The van der Waals surface area contributed by atoms with Gasteiger partial charge in [-0.05, 0) is 37.2 Å². The van der Waals surface area contributed by atoms with Crippen molar-refractivity contribution in [1.82, 2.24) is 15.3 Å². The van der Waals surface area contributed by atoms with Crippen molar-refractivity contribution in [3.63, 3.8) is 0 Å². The van der Waals surface area contributed by atoms with Crippen LogP contribution in [-0.2, 0) is 0 Å². The molecule has 1 unspecified atom stereocenters. The minimum absolute atomic E-state index is 0.345. The predicted molar refractivity (Wildman–Crippen MR) is 89.8 cm³/mol. The molecule has 0 aliphatic rings. The molecular weight excluding hydrogens is 278 g/mol. The molecule has 1 heterocycles. The van der Waals surface area contributed by atoms with Crippen molar-refractivity contribution in [2.24, 2.45) is 0 Å². The summed E-state index contributed by atoms with van der Waals surface area (Å²) in [4.78, 5) is 8.10. The van der Waals surface area contributed by atoms with Crippen LogP contribution in [0, 0.1) is 6.92 Å². The van der Waals surface area contributed by atoms with E-state index in [2.05, 4.69) is 70.7 Å². The third-order valence-corrected chi connectivity index (χ3v) is 4.57. The summed E-state index contributed by atoms with van der Waals surface area (Å²) >= 11 is 1.77. The number of nitrogens with one attached hydrogen (secondary N) is 2. The van der Waals surface area contributed by atoms with Crippen molar-refractivity contribution < 1.29 is 0 Å². The van der Waals surface area contributed by atoms with E-state index >= 15 is 0 Å². The summed E-state index contributed by atoms with van der Waals surface area (Å²) in [5.74, 6) is 0. The van der Waals surface area contributed by atoms with Gasteiger partial charge in [0.1, 0.15) is 0 Å². The summed E-state index contributed by atoms with van der Waals surface area (Å²) in [5, 5.41) is 4.58. The molecule has 4 heteroatoms. The first-order valence-electron chi connectivity index (χ1n) is 7.09. The fourth-order valence-electron chi connectivity index (χ4n) is 2.37. The summed E-state index contributed by atoms with van der Waals surface area (Å²) in [6.45, 7) is 3.01. The Morgan fingerprint density at radius 1 is 1.19 bits per heavy atom.